The number of hydrogen-bond acceptors (Lipinski definition) is 7. The molecule has 0 amide bonds. The first kappa shape index (κ1) is 15.6. The van der Waals surface area contributed by atoms with Crippen molar-refractivity contribution in [1.29, 1.82) is 0 Å². The van der Waals surface area contributed by atoms with E-state index in [-0.39, 0.29) is 22.2 Å². The standard InChI is InChI=1S/C14H11BrN4O3S/c1-8-2-4-10(5-3-8)23(20,21)22-13-12-11(18-14(16)19-13)6-9(15)7-17-12/h2-7H,1H3,(H2,16,18,19). The van der Waals surface area contributed by atoms with Crippen molar-refractivity contribution >= 4 is 43.0 Å². The molecule has 2 aromatic heterocycles. The first-order valence-corrected chi connectivity index (χ1v) is 8.65. The lowest BCUT2D eigenvalue weighted by molar-refractivity contribution is 0.478. The molecular formula is C14H11BrN4O3S. The zero-order chi connectivity index (χ0) is 16.6. The molecule has 2 heterocycles. The molecule has 3 aromatic rings. The summed E-state index contributed by atoms with van der Waals surface area (Å²) in [5.74, 6) is -0.313. The van der Waals surface area contributed by atoms with Gasteiger partial charge in [-0.05, 0) is 41.1 Å². The Labute approximate surface area is 140 Å². The van der Waals surface area contributed by atoms with Gasteiger partial charge < -0.3 is 9.92 Å². The summed E-state index contributed by atoms with van der Waals surface area (Å²) in [6.07, 6.45) is 1.49. The quantitative estimate of drug-likeness (QED) is 0.679. The van der Waals surface area contributed by atoms with E-state index in [0.29, 0.717) is 9.99 Å². The van der Waals surface area contributed by atoms with Crippen LogP contribution in [0.3, 0.4) is 0 Å². The molecule has 1 aromatic carbocycles. The summed E-state index contributed by atoms with van der Waals surface area (Å²) in [5, 5.41) is 0. The minimum Gasteiger partial charge on any atom is -0.368 e. The highest BCUT2D eigenvalue weighted by Gasteiger charge is 2.20. The minimum absolute atomic E-state index is 0.0190. The summed E-state index contributed by atoms with van der Waals surface area (Å²) in [7, 11) is -4.05. The van der Waals surface area contributed by atoms with Gasteiger partial charge in [0.25, 0.3) is 5.88 Å². The predicted molar refractivity (Wildman–Crippen MR) is 88.4 cm³/mol. The Morgan fingerprint density at radius 2 is 1.87 bits per heavy atom. The van der Waals surface area contributed by atoms with Crippen molar-refractivity contribution in [2.24, 2.45) is 0 Å². The van der Waals surface area contributed by atoms with Crippen molar-refractivity contribution < 1.29 is 12.6 Å². The van der Waals surface area contributed by atoms with E-state index in [0.717, 1.165) is 5.56 Å². The van der Waals surface area contributed by atoms with Gasteiger partial charge in [0.2, 0.25) is 5.95 Å². The van der Waals surface area contributed by atoms with E-state index in [1.165, 1.54) is 18.3 Å². The van der Waals surface area contributed by atoms with Crippen LogP contribution in [0.5, 0.6) is 5.88 Å². The van der Waals surface area contributed by atoms with Crippen LogP contribution in [0.2, 0.25) is 0 Å². The van der Waals surface area contributed by atoms with Crippen molar-refractivity contribution in [1.82, 2.24) is 15.0 Å². The third-order valence-electron chi connectivity index (χ3n) is 2.99. The molecule has 0 fully saturated rings. The third kappa shape index (κ3) is 3.25. The van der Waals surface area contributed by atoms with Crippen LogP contribution >= 0.6 is 15.9 Å². The fourth-order valence-corrected chi connectivity index (χ4v) is 3.11. The van der Waals surface area contributed by atoms with E-state index in [2.05, 4.69) is 30.9 Å². The molecule has 0 radical (unpaired) electrons. The van der Waals surface area contributed by atoms with Crippen molar-refractivity contribution in [3.05, 3.63) is 46.6 Å². The predicted octanol–water partition coefficient (Wildman–Crippen LogP) is 2.45. The fraction of sp³-hybridized carbons (Fsp3) is 0.0714. The van der Waals surface area contributed by atoms with Gasteiger partial charge in [-0.3, -0.25) is 0 Å². The molecule has 0 saturated heterocycles. The normalized spacial score (nSPS) is 11.6. The molecule has 118 valence electrons. The molecule has 0 aliphatic heterocycles. The van der Waals surface area contributed by atoms with Crippen molar-refractivity contribution in [3.63, 3.8) is 0 Å². The van der Waals surface area contributed by atoms with E-state index < -0.39 is 10.1 Å². The maximum Gasteiger partial charge on any atom is 0.340 e. The maximum absolute atomic E-state index is 12.4. The third-order valence-corrected chi connectivity index (χ3v) is 4.65. The summed E-state index contributed by atoms with van der Waals surface area (Å²) < 4.78 is 30.6. The lowest BCUT2D eigenvalue weighted by Gasteiger charge is -2.09. The molecular weight excluding hydrogens is 384 g/mol. The fourth-order valence-electron chi connectivity index (χ4n) is 1.90. The number of benzene rings is 1. The van der Waals surface area contributed by atoms with Crippen LogP contribution in [-0.4, -0.2) is 23.4 Å². The van der Waals surface area contributed by atoms with E-state index in [4.69, 9.17) is 9.92 Å². The number of nitrogens with zero attached hydrogens (tertiary/aromatic N) is 3. The molecule has 3 rings (SSSR count). The Bertz CT molecular complexity index is 986. The number of aryl methyl sites for hydroxylation is 1. The Morgan fingerprint density at radius 1 is 1.17 bits per heavy atom. The summed E-state index contributed by atoms with van der Waals surface area (Å²) in [4.78, 5) is 12.0. The van der Waals surface area contributed by atoms with Gasteiger partial charge >= 0.3 is 10.1 Å². The molecule has 0 unspecified atom stereocenters. The number of halogens is 1. The van der Waals surface area contributed by atoms with Crippen LogP contribution in [0.15, 0.2) is 45.9 Å². The second kappa shape index (κ2) is 5.74. The molecule has 2 N–H and O–H groups in total. The monoisotopic (exact) mass is 394 g/mol. The maximum atomic E-state index is 12.4. The van der Waals surface area contributed by atoms with Crippen LogP contribution in [0.4, 0.5) is 5.95 Å². The van der Waals surface area contributed by atoms with Crippen LogP contribution in [0, 0.1) is 6.92 Å². The highest BCUT2D eigenvalue weighted by Crippen LogP contribution is 2.26. The number of nitrogen functional groups attached to an aromatic ring is 1. The van der Waals surface area contributed by atoms with Gasteiger partial charge in [-0.15, -0.1) is 0 Å². The summed E-state index contributed by atoms with van der Waals surface area (Å²) in [5.41, 5.74) is 7.13. The molecule has 0 bridgehead atoms. The van der Waals surface area contributed by atoms with Crippen LogP contribution < -0.4 is 9.92 Å². The van der Waals surface area contributed by atoms with E-state index in [1.807, 2.05) is 6.92 Å². The first-order chi connectivity index (χ1) is 10.8. The van der Waals surface area contributed by atoms with Gasteiger partial charge in [0, 0.05) is 10.7 Å². The Hall–Kier alpha value is -2.26. The van der Waals surface area contributed by atoms with Crippen molar-refractivity contribution in [3.8, 4) is 5.88 Å². The van der Waals surface area contributed by atoms with E-state index in [9.17, 15) is 8.42 Å². The number of hydrogen-bond donors (Lipinski definition) is 1. The average Bonchev–Trinajstić information content (AvgIpc) is 2.46. The zero-order valence-corrected chi connectivity index (χ0v) is 14.3. The van der Waals surface area contributed by atoms with Crippen molar-refractivity contribution in [2.75, 3.05) is 5.73 Å². The number of pyridine rings is 1. The molecule has 7 nitrogen and oxygen atoms in total. The van der Waals surface area contributed by atoms with Gasteiger partial charge in [0.1, 0.15) is 4.90 Å². The molecule has 0 saturated carbocycles. The lowest BCUT2D eigenvalue weighted by atomic mass is 10.2. The van der Waals surface area contributed by atoms with Crippen LogP contribution in [0.25, 0.3) is 11.0 Å². The molecule has 0 aliphatic carbocycles. The van der Waals surface area contributed by atoms with Crippen molar-refractivity contribution in [2.45, 2.75) is 11.8 Å². The average molecular weight is 395 g/mol. The Morgan fingerprint density at radius 3 is 2.57 bits per heavy atom. The SMILES string of the molecule is Cc1ccc(S(=O)(=O)Oc2nc(N)nc3cc(Br)cnc23)cc1. The van der Waals surface area contributed by atoms with Gasteiger partial charge in [0.15, 0.2) is 5.52 Å². The highest BCUT2D eigenvalue weighted by molar-refractivity contribution is 9.10. The molecule has 23 heavy (non-hydrogen) atoms. The molecule has 9 heteroatoms. The second-order valence-electron chi connectivity index (χ2n) is 4.76. The number of aromatic nitrogens is 3. The van der Waals surface area contributed by atoms with Crippen LogP contribution in [0.1, 0.15) is 5.56 Å². The van der Waals surface area contributed by atoms with Gasteiger partial charge in [-0.1, -0.05) is 17.7 Å². The van der Waals surface area contributed by atoms with Gasteiger partial charge in [-0.2, -0.15) is 13.4 Å². The summed E-state index contributed by atoms with van der Waals surface area (Å²) >= 11 is 3.26. The Kier molecular flexibility index (Phi) is 3.90. The number of anilines is 1. The number of fused-ring (bicyclic) bond motifs is 1. The molecule has 0 aliphatic rings. The van der Waals surface area contributed by atoms with Crippen LogP contribution in [-0.2, 0) is 10.1 Å². The molecule has 0 spiro atoms. The second-order valence-corrected chi connectivity index (χ2v) is 7.22. The zero-order valence-electron chi connectivity index (χ0n) is 11.9. The first-order valence-electron chi connectivity index (χ1n) is 6.45. The lowest BCUT2D eigenvalue weighted by Crippen LogP contribution is -2.12. The number of nitrogens with two attached hydrogens (primary N) is 1. The Balaban J connectivity index is 2.09. The summed E-state index contributed by atoms with van der Waals surface area (Å²) in [6.45, 7) is 1.86. The minimum atomic E-state index is -4.05. The van der Waals surface area contributed by atoms with E-state index >= 15 is 0 Å². The topological polar surface area (TPSA) is 108 Å². The van der Waals surface area contributed by atoms with E-state index in [1.54, 1.807) is 18.2 Å². The largest absolute Gasteiger partial charge is 0.368 e. The van der Waals surface area contributed by atoms with Gasteiger partial charge in [-0.25, -0.2) is 9.97 Å². The number of rotatable bonds is 3. The summed E-state index contributed by atoms with van der Waals surface area (Å²) in [6, 6.07) is 7.92. The smallest absolute Gasteiger partial charge is 0.340 e. The van der Waals surface area contributed by atoms with Gasteiger partial charge in [0.05, 0.1) is 5.52 Å². The molecule has 0 atom stereocenters. The highest BCUT2D eigenvalue weighted by atomic mass is 79.9.